The number of nitrogens with two attached hydrogens (primary N) is 1. The molecule has 0 heterocycles. The summed E-state index contributed by atoms with van der Waals surface area (Å²) >= 11 is 0. The lowest BCUT2D eigenvalue weighted by Gasteiger charge is -2.14. The lowest BCUT2D eigenvalue weighted by molar-refractivity contribution is -0.130. The fraction of sp³-hybridized carbons (Fsp3) is 0.190. The number of benzene rings is 2. The van der Waals surface area contributed by atoms with Crippen molar-refractivity contribution in [1.82, 2.24) is 10.8 Å². The molecule has 0 radical (unpaired) electrons. The minimum absolute atomic E-state index is 0.0719. The molecule has 0 aromatic heterocycles. The zero-order chi connectivity index (χ0) is 21.2. The molecule has 29 heavy (non-hydrogen) atoms. The molecule has 0 aliphatic rings. The second kappa shape index (κ2) is 10.6. The Balaban J connectivity index is 2.06. The van der Waals surface area contributed by atoms with Gasteiger partial charge in [-0.05, 0) is 42.5 Å². The van der Waals surface area contributed by atoms with Crippen LogP contribution in [0.25, 0.3) is 0 Å². The van der Waals surface area contributed by atoms with Crippen LogP contribution in [0.15, 0.2) is 48.5 Å². The monoisotopic (exact) mass is 394 g/mol. The van der Waals surface area contributed by atoms with E-state index in [1.165, 1.54) is 5.48 Å². The number of hydrogen-bond acceptors (Lipinski definition) is 5. The summed E-state index contributed by atoms with van der Waals surface area (Å²) in [6.07, 6.45) is 0.395. The summed E-state index contributed by atoms with van der Waals surface area (Å²) in [6.45, 7) is 1.62. The quantitative estimate of drug-likeness (QED) is 0.283. The summed E-state index contributed by atoms with van der Waals surface area (Å²) in [4.78, 5) is 35.0. The van der Waals surface area contributed by atoms with Gasteiger partial charge in [0, 0.05) is 35.3 Å². The van der Waals surface area contributed by atoms with E-state index in [1.807, 2.05) is 6.07 Å². The van der Waals surface area contributed by atoms with E-state index >= 15 is 0 Å². The predicted molar refractivity (Wildman–Crippen MR) is 108 cm³/mol. The molecule has 0 spiro atoms. The zero-order valence-electron chi connectivity index (χ0n) is 15.9. The maximum absolute atomic E-state index is 12.2. The topological polar surface area (TPSA) is 134 Å². The Hall–Kier alpha value is -3.67. The van der Waals surface area contributed by atoms with Crippen LogP contribution in [0.4, 0.5) is 5.69 Å². The number of anilines is 1. The smallest absolute Gasteiger partial charge is 0.267 e. The van der Waals surface area contributed by atoms with Gasteiger partial charge in [0.15, 0.2) is 0 Å². The van der Waals surface area contributed by atoms with Crippen molar-refractivity contribution < 1.29 is 19.6 Å². The summed E-state index contributed by atoms with van der Waals surface area (Å²) in [5.41, 5.74) is 9.29. The zero-order valence-corrected chi connectivity index (χ0v) is 15.9. The molecular weight excluding hydrogens is 372 g/mol. The molecule has 8 heteroatoms. The minimum Gasteiger partial charge on any atom is -0.339 e. The molecule has 1 atom stereocenters. The Kier molecular flexibility index (Phi) is 7.91. The summed E-state index contributed by atoms with van der Waals surface area (Å²) < 4.78 is 0. The summed E-state index contributed by atoms with van der Waals surface area (Å²) in [6, 6.07) is 12.7. The van der Waals surface area contributed by atoms with Crippen LogP contribution in [0.5, 0.6) is 0 Å². The van der Waals surface area contributed by atoms with Crippen LogP contribution in [-0.4, -0.2) is 35.5 Å². The van der Waals surface area contributed by atoms with E-state index in [-0.39, 0.29) is 12.5 Å². The standard InChI is InChI=1S/C21H22N4O4/c1-2-19(26)23-17-5-3-4-15(12-17)7-6-14-8-10-16(11-9-14)20(27)24-18(13-22)21(28)25-29/h3-5,8-12,18,29H,2,13,22H2,1H3,(H,23,26)(H,24,27)(H,25,28)/t18-/m0/s1. The van der Waals surface area contributed by atoms with Gasteiger partial charge in [-0.15, -0.1) is 0 Å². The molecule has 8 nitrogen and oxygen atoms in total. The van der Waals surface area contributed by atoms with Gasteiger partial charge in [-0.25, -0.2) is 5.48 Å². The lowest BCUT2D eigenvalue weighted by atomic mass is 10.1. The fourth-order valence-corrected chi connectivity index (χ4v) is 2.32. The van der Waals surface area contributed by atoms with Gasteiger partial charge >= 0.3 is 0 Å². The van der Waals surface area contributed by atoms with Crippen LogP contribution in [0.1, 0.15) is 34.8 Å². The molecule has 150 valence electrons. The second-order valence-electron chi connectivity index (χ2n) is 6.05. The molecule has 0 aliphatic heterocycles. The number of nitrogens with one attached hydrogen (secondary N) is 3. The van der Waals surface area contributed by atoms with Gasteiger partial charge in [0.25, 0.3) is 11.8 Å². The Morgan fingerprint density at radius 1 is 1.07 bits per heavy atom. The van der Waals surface area contributed by atoms with E-state index in [0.717, 1.165) is 5.56 Å². The number of amides is 3. The van der Waals surface area contributed by atoms with Gasteiger partial charge in [0.1, 0.15) is 6.04 Å². The molecule has 0 unspecified atom stereocenters. The first-order chi connectivity index (χ1) is 14.0. The first-order valence-corrected chi connectivity index (χ1v) is 8.93. The van der Waals surface area contributed by atoms with Crippen molar-refractivity contribution in [1.29, 1.82) is 0 Å². The maximum Gasteiger partial charge on any atom is 0.267 e. The average Bonchev–Trinajstić information content (AvgIpc) is 2.75. The van der Waals surface area contributed by atoms with Crippen molar-refractivity contribution in [2.45, 2.75) is 19.4 Å². The van der Waals surface area contributed by atoms with E-state index in [9.17, 15) is 14.4 Å². The summed E-state index contributed by atoms with van der Waals surface area (Å²) in [7, 11) is 0. The third kappa shape index (κ3) is 6.46. The third-order valence-electron chi connectivity index (χ3n) is 3.93. The van der Waals surface area contributed by atoms with Crippen molar-refractivity contribution >= 4 is 23.4 Å². The number of carbonyl (C=O) groups is 3. The van der Waals surface area contributed by atoms with Crippen LogP contribution in [0.3, 0.4) is 0 Å². The van der Waals surface area contributed by atoms with Crippen LogP contribution in [0, 0.1) is 11.8 Å². The number of rotatable bonds is 6. The van der Waals surface area contributed by atoms with Crippen molar-refractivity contribution in [3.63, 3.8) is 0 Å². The highest BCUT2D eigenvalue weighted by atomic mass is 16.5. The highest BCUT2D eigenvalue weighted by Gasteiger charge is 2.19. The van der Waals surface area contributed by atoms with Crippen molar-refractivity contribution in [2.24, 2.45) is 5.73 Å². The Bertz CT molecular complexity index is 945. The first kappa shape index (κ1) is 21.6. The van der Waals surface area contributed by atoms with E-state index in [0.29, 0.717) is 23.2 Å². The minimum atomic E-state index is -1.03. The van der Waals surface area contributed by atoms with Crippen LogP contribution < -0.4 is 21.8 Å². The summed E-state index contributed by atoms with van der Waals surface area (Å²) in [5.74, 6) is 4.64. The van der Waals surface area contributed by atoms with Crippen molar-refractivity contribution in [3.8, 4) is 11.8 Å². The highest BCUT2D eigenvalue weighted by molar-refractivity contribution is 5.97. The molecule has 0 saturated heterocycles. The van der Waals surface area contributed by atoms with Crippen molar-refractivity contribution in [3.05, 3.63) is 65.2 Å². The molecule has 2 rings (SSSR count). The molecule has 0 bridgehead atoms. The van der Waals surface area contributed by atoms with Gasteiger partial charge in [-0.2, -0.15) is 0 Å². The van der Waals surface area contributed by atoms with E-state index in [1.54, 1.807) is 49.4 Å². The van der Waals surface area contributed by atoms with Crippen LogP contribution in [-0.2, 0) is 9.59 Å². The van der Waals surface area contributed by atoms with E-state index in [2.05, 4.69) is 22.5 Å². The normalized spacial score (nSPS) is 10.9. The van der Waals surface area contributed by atoms with E-state index in [4.69, 9.17) is 10.9 Å². The Morgan fingerprint density at radius 3 is 2.38 bits per heavy atom. The highest BCUT2D eigenvalue weighted by Crippen LogP contribution is 2.11. The van der Waals surface area contributed by atoms with E-state index < -0.39 is 17.9 Å². The molecule has 3 amide bonds. The molecule has 2 aromatic rings. The number of hydrogen-bond donors (Lipinski definition) is 5. The van der Waals surface area contributed by atoms with Crippen molar-refractivity contribution in [2.75, 3.05) is 11.9 Å². The van der Waals surface area contributed by atoms with Gasteiger partial charge in [-0.1, -0.05) is 24.8 Å². The predicted octanol–water partition coefficient (Wildman–Crippen LogP) is 0.997. The molecule has 0 fully saturated rings. The molecule has 0 aliphatic carbocycles. The van der Waals surface area contributed by atoms with Gasteiger partial charge in [-0.3, -0.25) is 19.6 Å². The molecule has 0 saturated carbocycles. The molecule has 6 N–H and O–H groups in total. The fourth-order valence-electron chi connectivity index (χ4n) is 2.32. The van der Waals surface area contributed by atoms with Crippen LogP contribution >= 0.6 is 0 Å². The lowest BCUT2D eigenvalue weighted by Crippen LogP contribution is -2.50. The molecular formula is C21H22N4O4. The Labute approximate surface area is 168 Å². The number of hydroxylamine groups is 1. The van der Waals surface area contributed by atoms with Gasteiger partial charge in [0.05, 0.1) is 0 Å². The van der Waals surface area contributed by atoms with Gasteiger partial charge in [0.2, 0.25) is 5.91 Å². The SMILES string of the molecule is CCC(=O)Nc1cccc(C#Cc2ccc(C(=O)N[C@@H](CN)C(=O)NO)cc2)c1. The molecule has 2 aromatic carbocycles. The third-order valence-corrected chi connectivity index (χ3v) is 3.93. The van der Waals surface area contributed by atoms with Crippen LogP contribution in [0.2, 0.25) is 0 Å². The van der Waals surface area contributed by atoms with Gasteiger partial charge < -0.3 is 16.4 Å². The average molecular weight is 394 g/mol. The second-order valence-corrected chi connectivity index (χ2v) is 6.05. The number of carbonyl (C=O) groups excluding carboxylic acids is 3. The first-order valence-electron chi connectivity index (χ1n) is 8.93. The largest absolute Gasteiger partial charge is 0.339 e. The summed E-state index contributed by atoms with van der Waals surface area (Å²) in [5, 5.41) is 13.8. The maximum atomic E-state index is 12.2. The Morgan fingerprint density at radius 2 is 1.76 bits per heavy atom.